The minimum absolute atomic E-state index is 0.00975. The number of carbonyl (C=O) groups is 6. The van der Waals surface area contributed by atoms with Crippen molar-refractivity contribution in [1.29, 1.82) is 0 Å². The number of ketones is 2. The zero-order valence-electron chi connectivity index (χ0n) is 40.6. The van der Waals surface area contributed by atoms with Crippen molar-refractivity contribution in [3.8, 4) is 0 Å². The number of anilines is 2. The molecule has 67 heavy (non-hydrogen) atoms. The van der Waals surface area contributed by atoms with E-state index in [0.29, 0.717) is 11.1 Å². The average Bonchev–Trinajstić information content (AvgIpc) is 3.73. The summed E-state index contributed by atoms with van der Waals surface area (Å²) >= 11 is 5.28. The molecule has 2 spiro atoms. The van der Waals surface area contributed by atoms with E-state index in [0.717, 1.165) is 48.2 Å². The molecule has 12 nitrogen and oxygen atoms in total. The Bertz CT molecular complexity index is 2310. The summed E-state index contributed by atoms with van der Waals surface area (Å²) in [6.07, 6.45) is 15.5. The standard InChI is InChI=1S/C27H33NO5.C18H24O4.C9H10ClNO/c1-18(2)7-6-8-19(3)15-24-27(17-25(30)33-24)16-22(13-14-23(27)29)32-26(31)20-9-11-21(12-10-20)28(4)5;1-12(2)5-4-6-13(3)9-16-18(11-17(21)22-16)10-14(19)7-8-15(18)20;1-11(2)8-5-3-7(4-6-8)9(10)12/h7,9-15,22,24H,6,8,16-17H2,1-5H3;5,7-9,14,16,19H,4,6,10-11H2,1-3H3;3-6H,1-2H3/b19-15+;13-9+;/t22-,24-,27?;14-,16-,18?;/m11./s1. The van der Waals surface area contributed by atoms with Gasteiger partial charge in [-0.3, -0.25) is 24.0 Å². The molecule has 0 saturated carbocycles. The maximum absolute atomic E-state index is 13.0. The molecule has 2 heterocycles. The molecule has 2 aromatic rings. The predicted molar refractivity (Wildman–Crippen MR) is 263 cm³/mol. The number of halogens is 1. The first-order valence-corrected chi connectivity index (χ1v) is 23.0. The third-order valence-electron chi connectivity index (χ3n) is 12.1. The number of ether oxygens (including phenoxy) is 3. The summed E-state index contributed by atoms with van der Waals surface area (Å²) in [6.45, 7) is 12.2. The molecule has 6 atom stereocenters. The molecule has 2 aliphatic heterocycles. The van der Waals surface area contributed by atoms with E-state index in [4.69, 9.17) is 25.8 Å². The first kappa shape index (κ1) is 53.8. The summed E-state index contributed by atoms with van der Waals surface area (Å²) in [5.41, 5.74) is 5.70. The van der Waals surface area contributed by atoms with Crippen molar-refractivity contribution in [2.24, 2.45) is 10.8 Å². The van der Waals surface area contributed by atoms with Crippen LogP contribution in [0.1, 0.15) is 114 Å². The molecule has 13 heteroatoms. The Balaban J connectivity index is 0.000000246. The van der Waals surface area contributed by atoms with Gasteiger partial charge in [0.15, 0.2) is 11.6 Å². The molecule has 0 bridgehead atoms. The predicted octanol–water partition coefficient (Wildman–Crippen LogP) is 9.80. The van der Waals surface area contributed by atoms with Crippen molar-refractivity contribution < 1.29 is 48.1 Å². The molecule has 2 fully saturated rings. The maximum Gasteiger partial charge on any atom is 0.338 e. The molecular weight excluding hydrogens is 872 g/mol. The first-order valence-electron chi connectivity index (χ1n) is 22.6. The van der Waals surface area contributed by atoms with Crippen molar-refractivity contribution in [3.05, 3.63) is 131 Å². The van der Waals surface area contributed by atoms with Gasteiger partial charge in [0.1, 0.15) is 18.3 Å². The normalized spacial score (nSPS) is 24.2. The quantitative estimate of drug-likeness (QED) is 0.0879. The lowest BCUT2D eigenvalue weighted by atomic mass is 9.69. The molecule has 2 aliphatic carbocycles. The van der Waals surface area contributed by atoms with Crippen LogP contribution in [-0.2, 0) is 33.4 Å². The monoisotopic (exact) mass is 938 g/mol. The van der Waals surface area contributed by atoms with Crippen LogP contribution < -0.4 is 9.80 Å². The number of carbonyl (C=O) groups excluding carboxylic acids is 6. The molecule has 2 unspecified atom stereocenters. The van der Waals surface area contributed by atoms with Crippen LogP contribution in [0.15, 0.2) is 119 Å². The zero-order chi connectivity index (χ0) is 49.6. The van der Waals surface area contributed by atoms with E-state index >= 15 is 0 Å². The molecule has 0 aromatic heterocycles. The number of rotatable bonds is 13. The van der Waals surface area contributed by atoms with Crippen LogP contribution in [0.3, 0.4) is 0 Å². The Hall–Kier alpha value is -5.85. The topological polar surface area (TPSA) is 157 Å². The van der Waals surface area contributed by atoms with Crippen molar-refractivity contribution in [2.45, 2.75) is 117 Å². The van der Waals surface area contributed by atoms with E-state index in [1.807, 2.05) is 88.3 Å². The number of aliphatic hydroxyl groups excluding tert-OH is 1. The van der Waals surface area contributed by atoms with Crippen LogP contribution in [0, 0.1) is 10.8 Å². The van der Waals surface area contributed by atoms with Gasteiger partial charge in [0, 0.05) is 51.5 Å². The van der Waals surface area contributed by atoms with Crippen LogP contribution in [0.2, 0.25) is 0 Å². The number of aliphatic hydroxyl groups is 1. The highest BCUT2D eigenvalue weighted by Crippen LogP contribution is 2.46. The fourth-order valence-corrected chi connectivity index (χ4v) is 8.38. The van der Waals surface area contributed by atoms with Gasteiger partial charge < -0.3 is 29.1 Å². The Morgan fingerprint density at radius 3 is 1.51 bits per heavy atom. The first-order chi connectivity index (χ1) is 31.5. The zero-order valence-corrected chi connectivity index (χ0v) is 41.4. The summed E-state index contributed by atoms with van der Waals surface area (Å²) in [5.74, 6) is -1.51. The van der Waals surface area contributed by atoms with Gasteiger partial charge >= 0.3 is 17.9 Å². The van der Waals surface area contributed by atoms with E-state index in [-0.39, 0.29) is 43.2 Å². The van der Waals surface area contributed by atoms with E-state index in [1.165, 1.54) is 29.4 Å². The number of esters is 3. The van der Waals surface area contributed by atoms with Crippen molar-refractivity contribution in [1.82, 2.24) is 0 Å². The molecule has 0 amide bonds. The third-order valence-corrected chi connectivity index (χ3v) is 12.3. The van der Waals surface area contributed by atoms with Crippen LogP contribution in [0.25, 0.3) is 0 Å². The second-order valence-electron chi connectivity index (χ2n) is 18.7. The Kier molecular flexibility index (Phi) is 19.5. The van der Waals surface area contributed by atoms with E-state index in [1.54, 1.807) is 30.3 Å². The van der Waals surface area contributed by atoms with Gasteiger partial charge in [0.2, 0.25) is 0 Å². The van der Waals surface area contributed by atoms with Crippen LogP contribution in [-0.4, -0.2) is 92.4 Å². The molecule has 360 valence electrons. The Labute approximate surface area is 401 Å². The van der Waals surface area contributed by atoms with E-state index in [2.05, 4.69) is 39.8 Å². The average molecular weight is 940 g/mol. The smallest absolute Gasteiger partial charge is 0.338 e. The van der Waals surface area contributed by atoms with Gasteiger partial charge in [-0.05, 0) is 164 Å². The highest BCUT2D eigenvalue weighted by Gasteiger charge is 2.56. The lowest BCUT2D eigenvalue weighted by Crippen LogP contribution is -2.43. The van der Waals surface area contributed by atoms with Gasteiger partial charge in [-0.25, -0.2) is 4.79 Å². The molecule has 4 aliphatic rings. The van der Waals surface area contributed by atoms with Gasteiger partial charge in [0.05, 0.1) is 35.3 Å². The highest BCUT2D eigenvalue weighted by atomic mass is 35.5. The number of nitrogens with zero attached hydrogens (tertiary/aromatic N) is 2. The second-order valence-corrected chi connectivity index (χ2v) is 19.0. The SMILES string of the molecule is CC(C)=CCC/C(C)=C/[C@H]1OC(=O)CC12C[C@H](O)C=CC2=O.CC(C)=CCC/C(C)=C/[C@H]1OC(=O)CC12C[C@H](OC(=O)c1ccc(N(C)C)cc1)C=CC2=O.CN(C)c1ccc(C(=O)Cl)cc1. The fraction of sp³-hybridized carbons (Fsp3) is 0.444. The molecule has 1 N–H and O–H groups in total. The lowest BCUT2D eigenvalue weighted by molar-refractivity contribution is -0.141. The van der Waals surface area contributed by atoms with Crippen LogP contribution >= 0.6 is 11.6 Å². The summed E-state index contributed by atoms with van der Waals surface area (Å²) < 4.78 is 16.6. The fourth-order valence-electron chi connectivity index (χ4n) is 8.25. The number of benzene rings is 2. The second kappa shape index (κ2) is 24.3. The summed E-state index contributed by atoms with van der Waals surface area (Å²) in [5, 5.41) is 9.44. The highest BCUT2D eigenvalue weighted by molar-refractivity contribution is 6.67. The van der Waals surface area contributed by atoms with Crippen LogP contribution in [0.5, 0.6) is 0 Å². The molecule has 0 radical (unpaired) electrons. The Morgan fingerprint density at radius 1 is 0.672 bits per heavy atom. The summed E-state index contributed by atoms with van der Waals surface area (Å²) in [4.78, 5) is 76.6. The molecule has 2 saturated heterocycles. The Morgan fingerprint density at radius 2 is 1.09 bits per heavy atom. The number of hydrogen-bond donors (Lipinski definition) is 1. The van der Waals surface area contributed by atoms with E-state index in [9.17, 15) is 33.9 Å². The summed E-state index contributed by atoms with van der Waals surface area (Å²) in [6, 6.07) is 14.3. The maximum atomic E-state index is 13.0. The molecule has 2 aromatic carbocycles. The van der Waals surface area contributed by atoms with Gasteiger partial charge in [-0.15, -0.1) is 0 Å². The molecule has 6 rings (SSSR count). The van der Waals surface area contributed by atoms with Gasteiger partial charge in [-0.1, -0.05) is 40.5 Å². The minimum Gasteiger partial charge on any atom is -0.457 e. The number of allylic oxidation sites excluding steroid dienone is 8. The largest absolute Gasteiger partial charge is 0.457 e. The van der Waals surface area contributed by atoms with Crippen molar-refractivity contribution >= 4 is 57.7 Å². The molecular formula is C54H67ClN2O10. The van der Waals surface area contributed by atoms with Crippen molar-refractivity contribution in [3.63, 3.8) is 0 Å². The number of cyclic esters (lactones) is 2. The third kappa shape index (κ3) is 15.1. The number of hydrogen-bond acceptors (Lipinski definition) is 12. The van der Waals surface area contributed by atoms with Gasteiger partial charge in [-0.2, -0.15) is 0 Å². The minimum atomic E-state index is -1.04. The van der Waals surface area contributed by atoms with Crippen molar-refractivity contribution in [2.75, 3.05) is 38.0 Å². The van der Waals surface area contributed by atoms with Crippen LogP contribution in [0.4, 0.5) is 11.4 Å². The lowest BCUT2D eigenvalue weighted by Gasteiger charge is -2.34. The van der Waals surface area contributed by atoms with E-state index < -0.39 is 52.4 Å². The van der Waals surface area contributed by atoms with Gasteiger partial charge in [0.25, 0.3) is 5.24 Å². The summed E-state index contributed by atoms with van der Waals surface area (Å²) in [7, 11) is 7.74.